The van der Waals surface area contributed by atoms with Crippen molar-refractivity contribution in [2.45, 2.75) is 39.5 Å². The number of rotatable bonds is 5. The van der Waals surface area contributed by atoms with Gasteiger partial charge in [0.2, 0.25) is 10.0 Å². The molecule has 5 heteroatoms. The number of sulfonamides is 1. The van der Waals surface area contributed by atoms with Gasteiger partial charge in [0.1, 0.15) is 0 Å². The Morgan fingerprint density at radius 3 is 2.05 bits per heavy atom. The van der Waals surface area contributed by atoms with E-state index in [0.717, 1.165) is 16.7 Å². The second-order valence-corrected chi connectivity index (χ2v) is 7.58. The van der Waals surface area contributed by atoms with Gasteiger partial charge in [0.25, 0.3) is 0 Å². The van der Waals surface area contributed by atoms with E-state index in [1.165, 1.54) is 0 Å². The van der Waals surface area contributed by atoms with Crippen LogP contribution in [0.1, 0.15) is 30.5 Å². The largest absolute Gasteiger partial charge is 0.396 e. The number of aryl methyl sites for hydroxylation is 3. The Morgan fingerprint density at radius 2 is 1.63 bits per heavy atom. The van der Waals surface area contributed by atoms with Crippen molar-refractivity contribution in [3.63, 3.8) is 0 Å². The molecule has 1 aromatic rings. The maximum absolute atomic E-state index is 12.4. The van der Waals surface area contributed by atoms with Crippen LogP contribution in [0.25, 0.3) is 0 Å². The van der Waals surface area contributed by atoms with Crippen LogP contribution in [0.15, 0.2) is 17.0 Å². The number of nitrogens with one attached hydrogen (secondary N) is 1. The van der Waals surface area contributed by atoms with Crippen LogP contribution in [0.2, 0.25) is 0 Å². The fraction of sp³-hybridized carbons (Fsp3) is 0.571. The van der Waals surface area contributed by atoms with Crippen LogP contribution >= 0.6 is 0 Å². The lowest BCUT2D eigenvalue weighted by Gasteiger charge is -2.22. The zero-order valence-corrected chi connectivity index (χ0v) is 13.1. The van der Waals surface area contributed by atoms with Crippen LogP contribution in [0, 0.1) is 26.2 Å². The van der Waals surface area contributed by atoms with Crippen molar-refractivity contribution >= 4 is 10.0 Å². The highest BCUT2D eigenvalue weighted by Gasteiger charge is 2.24. The highest BCUT2D eigenvalue weighted by atomic mass is 32.2. The lowest BCUT2D eigenvalue weighted by molar-refractivity contribution is 0.163. The van der Waals surface area contributed by atoms with E-state index in [1.54, 1.807) is 13.8 Å². The van der Waals surface area contributed by atoms with Gasteiger partial charge in [-0.05, 0) is 31.9 Å². The van der Waals surface area contributed by atoms with Crippen LogP contribution in [0.5, 0.6) is 0 Å². The molecule has 0 bridgehead atoms. The van der Waals surface area contributed by atoms with E-state index in [-0.39, 0.29) is 13.2 Å². The first kappa shape index (κ1) is 16.1. The molecule has 1 rings (SSSR count). The van der Waals surface area contributed by atoms with Crippen molar-refractivity contribution < 1.29 is 13.5 Å². The Labute approximate surface area is 115 Å². The maximum atomic E-state index is 12.4. The monoisotopic (exact) mass is 285 g/mol. The normalized spacial score (nSPS) is 12.7. The first-order valence-corrected chi connectivity index (χ1v) is 7.76. The summed E-state index contributed by atoms with van der Waals surface area (Å²) in [5.41, 5.74) is 2.06. The van der Waals surface area contributed by atoms with Gasteiger partial charge in [0.15, 0.2) is 0 Å². The molecule has 0 unspecified atom stereocenters. The summed E-state index contributed by atoms with van der Waals surface area (Å²) in [6.07, 6.45) is 0. The summed E-state index contributed by atoms with van der Waals surface area (Å²) in [4.78, 5) is 0.340. The van der Waals surface area contributed by atoms with Crippen LogP contribution < -0.4 is 4.72 Å². The smallest absolute Gasteiger partial charge is 0.241 e. The molecule has 0 aliphatic carbocycles. The molecule has 0 spiro atoms. The van der Waals surface area contributed by atoms with Gasteiger partial charge in [-0.3, -0.25) is 0 Å². The molecule has 0 saturated carbocycles. The number of benzene rings is 1. The minimum Gasteiger partial charge on any atom is -0.396 e. The highest BCUT2D eigenvalue weighted by molar-refractivity contribution is 7.89. The van der Waals surface area contributed by atoms with Crippen molar-refractivity contribution in [2.24, 2.45) is 5.41 Å². The maximum Gasteiger partial charge on any atom is 0.241 e. The molecule has 0 aliphatic rings. The van der Waals surface area contributed by atoms with Gasteiger partial charge in [0, 0.05) is 18.6 Å². The third-order valence-electron chi connectivity index (χ3n) is 3.04. The third-order valence-corrected chi connectivity index (χ3v) is 4.75. The Bertz CT molecular complexity index is 539. The summed E-state index contributed by atoms with van der Waals surface area (Å²) in [5.74, 6) is 0. The van der Waals surface area contributed by atoms with E-state index >= 15 is 0 Å². The van der Waals surface area contributed by atoms with Gasteiger partial charge in [-0.25, -0.2) is 13.1 Å². The SMILES string of the molecule is Cc1cc(C)c(S(=O)(=O)NCC(C)(C)CO)c(C)c1. The van der Waals surface area contributed by atoms with Crippen molar-refractivity contribution in [2.75, 3.05) is 13.2 Å². The molecule has 19 heavy (non-hydrogen) atoms. The molecule has 0 atom stereocenters. The van der Waals surface area contributed by atoms with Gasteiger partial charge in [-0.1, -0.05) is 31.5 Å². The molecular formula is C14H23NO3S. The van der Waals surface area contributed by atoms with E-state index in [9.17, 15) is 13.5 Å². The summed E-state index contributed by atoms with van der Waals surface area (Å²) >= 11 is 0. The molecule has 0 aliphatic heterocycles. The molecule has 0 aromatic heterocycles. The Balaban J connectivity index is 3.09. The Morgan fingerprint density at radius 1 is 1.16 bits per heavy atom. The second-order valence-electron chi connectivity index (χ2n) is 5.87. The van der Waals surface area contributed by atoms with Crippen molar-refractivity contribution in [1.29, 1.82) is 0 Å². The fourth-order valence-electron chi connectivity index (χ4n) is 2.01. The predicted molar refractivity (Wildman–Crippen MR) is 76.7 cm³/mol. The van der Waals surface area contributed by atoms with Crippen molar-refractivity contribution in [3.05, 3.63) is 28.8 Å². The van der Waals surface area contributed by atoms with Crippen LogP contribution in [0.3, 0.4) is 0 Å². The number of hydrogen-bond acceptors (Lipinski definition) is 3. The average Bonchev–Trinajstić information content (AvgIpc) is 2.25. The zero-order valence-electron chi connectivity index (χ0n) is 12.2. The molecule has 0 fully saturated rings. The van der Waals surface area contributed by atoms with Gasteiger partial charge in [-0.15, -0.1) is 0 Å². The molecular weight excluding hydrogens is 262 g/mol. The van der Waals surface area contributed by atoms with Crippen LogP contribution in [-0.2, 0) is 10.0 Å². The second kappa shape index (κ2) is 5.61. The lowest BCUT2D eigenvalue weighted by Crippen LogP contribution is -2.36. The van der Waals surface area contributed by atoms with Gasteiger partial charge in [0.05, 0.1) is 4.90 Å². The summed E-state index contributed by atoms with van der Waals surface area (Å²) in [6.45, 7) is 9.30. The fourth-order valence-corrected chi connectivity index (χ4v) is 3.70. The Hall–Kier alpha value is -0.910. The molecule has 1 aromatic carbocycles. The minimum atomic E-state index is -3.54. The standard InChI is InChI=1S/C14H23NO3S/c1-10-6-11(2)13(12(3)7-10)19(17,18)15-8-14(4,5)9-16/h6-7,15-16H,8-9H2,1-5H3. The van der Waals surface area contributed by atoms with E-state index in [0.29, 0.717) is 4.90 Å². The lowest BCUT2D eigenvalue weighted by atomic mass is 9.96. The van der Waals surface area contributed by atoms with Gasteiger partial charge < -0.3 is 5.11 Å². The van der Waals surface area contributed by atoms with Gasteiger partial charge in [-0.2, -0.15) is 0 Å². The topological polar surface area (TPSA) is 66.4 Å². The first-order chi connectivity index (χ1) is 8.59. The summed E-state index contributed by atoms with van der Waals surface area (Å²) in [7, 11) is -3.54. The predicted octanol–water partition coefficient (Wildman–Crippen LogP) is 1.91. The van der Waals surface area contributed by atoms with E-state index < -0.39 is 15.4 Å². The molecule has 4 nitrogen and oxygen atoms in total. The Kier molecular flexibility index (Phi) is 4.76. The molecule has 0 saturated heterocycles. The summed E-state index contributed by atoms with van der Waals surface area (Å²) in [5, 5.41) is 9.17. The zero-order chi connectivity index (χ0) is 14.8. The summed E-state index contributed by atoms with van der Waals surface area (Å²) < 4.78 is 27.3. The first-order valence-electron chi connectivity index (χ1n) is 6.27. The molecule has 0 radical (unpaired) electrons. The molecule has 108 valence electrons. The van der Waals surface area contributed by atoms with E-state index in [2.05, 4.69) is 4.72 Å². The van der Waals surface area contributed by atoms with Crippen LogP contribution in [-0.4, -0.2) is 26.7 Å². The van der Waals surface area contributed by atoms with Gasteiger partial charge >= 0.3 is 0 Å². The van der Waals surface area contributed by atoms with E-state index in [4.69, 9.17) is 0 Å². The van der Waals surface area contributed by atoms with Crippen molar-refractivity contribution in [1.82, 2.24) is 4.72 Å². The number of aliphatic hydroxyl groups is 1. The van der Waals surface area contributed by atoms with Crippen LogP contribution in [0.4, 0.5) is 0 Å². The highest BCUT2D eigenvalue weighted by Crippen LogP contribution is 2.22. The van der Waals surface area contributed by atoms with Crippen molar-refractivity contribution in [3.8, 4) is 0 Å². The molecule has 2 N–H and O–H groups in total. The third kappa shape index (κ3) is 4.03. The number of aliphatic hydroxyl groups excluding tert-OH is 1. The molecule has 0 heterocycles. The minimum absolute atomic E-state index is 0.0681. The van der Waals surface area contributed by atoms with E-state index in [1.807, 2.05) is 32.9 Å². The number of hydrogen-bond donors (Lipinski definition) is 2. The molecule has 0 amide bonds. The quantitative estimate of drug-likeness (QED) is 0.868. The summed E-state index contributed by atoms with van der Waals surface area (Å²) in [6, 6.07) is 3.72. The average molecular weight is 285 g/mol.